The number of rotatable bonds is 8. The molecule has 0 bridgehead atoms. The Morgan fingerprint density at radius 1 is 0.842 bits per heavy atom. The molecular formula is C32H27N3O3. The molecule has 0 radical (unpaired) electrons. The van der Waals surface area contributed by atoms with Gasteiger partial charge in [-0.2, -0.15) is 5.10 Å². The summed E-state index contributed by atoms with van der Waals surface area (Å²) in [5.74, 6) is 0.102. The molecule has 1 amide bonds. The number of benzene rings is 4. The van der Waals surface area contributed by atoms with Crippen LogP contribution < -0.4 is 10.2 Å². The highest BCUT2D eigenvalue weighted by Gasteiger charge is 2.14. The van der Waals surface area contributed by atoms with Gasteiger partial charge in [0.1, 0.15) is 0 Å². The van der Waals surface area contributed by atoms with Crippen molar-refractivity contribution in [3.05, 3.63) is 126 Å². The Morgan fingerprint density at radius 3 is 2.03 bits per heavy atom. The van der Waals surface area contributed by atoms with Crippen LogP contribution in [0.1, 0.15) is 22.8 Å². The highest BCUT2D eigenvalue weighted by Crippen LogP contribution is 2.32. The van der Waals surface area contributed by atoms with Gasteiger partial charge in [-0.1, -0.05) is 60.7 Å². The number of nitrogens with zero attached hydrogens (tertiary/aromatic N) is 2. The van der Waals surface area contributed by atoms with Crippen molar-refractivity contribution in [2.24, 2.45) is 5.10 Å². The normalized spacial score (nSPS) is 11.0. The van der Waals surface area contributed by atoms with Gasteiger partial charge < -0.3 is 14.4 Å². The van der Waals surface area contributed by atoms with Gasteiger partial charge in [-0.25, -0.2) is 5.43 Å². The van der Waals surface area contributed by atoms with E-state index in [0.717, 1.165) is 28.2 Å². The molecule has 1 aromatic heterocycles. The van der Waals surface area contributed by atoms with Crippen molar-refractivity contribution in [1.29, 1.82) is 0 Å². The number of carbonyl (C=O) groups is 1. The third-order valence-corrected chi connectivity index (χ3v) is 6.07. The molecule has 0 fully saturated rings. The fraction of sp³-hybridized carbons (Fsp3) is 0.0625. The summed E-state index contributed by atoms with van der Waals surface area (Å²) in [5, 5.41) is 13.9. The van der Waals surface area contributed by atoms with Crippen molar-refractivity contribution in [2.75, 3.05) is 6.61 Å². The fourth-order valence-corrected chi connectivity index (χ4v) is 4.26. The van der Waals surface area contributed by atoms with E-state index >= 15 is 0 Å². The number of hydrogen-bond donors (Lipinski definition) is 2. The zero-order valence-electron chi connectivity index (χ0n) is 20.9. The Balaban J connectivity index is 1.38. The third kappa shape index (κ3) is 5.34. The van der Waals surface area contributed by atoms with Gasteiger partial charge in [0.25, 0.3) is 5.91 Å². The average molecular weight is 502 g/mol. The maximum atomic E-state index is 12.7. The first kappa shape index (κ1) is 24.6. The van der Waals surface area contributed by atoms with Crippen molar-refractivity contribution >= 4 is 12.1 Å². The van der Waals surface area contributed by atoms with Crippen molar-refractivity contribution in [3.8, 4) is 39.7 Å². The Bertz CT molecular complexity index is 1500. The van der Waals surface area contributed by atoms with Crippen molar-refractivity contribution in [3.63, 3.8) is 0 Å². The van der Waals surface area contributed by atoms with Gasteiger partial charge in [-0.3, -0.25) is 4.79 Å². The molecule has 0 atom stereocenters. The second-order valence-corrected chi connectivity index (χ2v) is 8.58. The number of amides is 1. The summed E-state index contributed by atoms with van der Waals surface area (Å²) in [6.45, 7) is 2.27. The first-order valence-corrected chi connectivity index (χ1v) is 12.4. The van der Waals surface area contributed by atoms with Gasteiger partial charge in [-0.05, 0) is 78.2 Å². The van der Waals surface area contributed by atoms with Crippen LogP contribution in [-0.2, 0) is 0 Å². The predicted molar refractivity (Wildman–Crippen MR) is 151 cm³/mol. The number of ether oxygens (including phenoxy) is 1. The molecule has 1 heterocycles. The summed E-state index contributed by atoms with van der Waals surface area (Å²) in [6.07, 6.45) is 1.51. The number of phenolic OH excluding ortho intramolecular Hbond substituents is 1. The highest BCUT2D eigenvalue weighted by atomic mass is 16.5. The van der Waals surface area contributed by atoms with Crippen LogP contribution in [0.3, 0.4) is 0 Å². The topological polar surface area (TPSA) is 75.8 Å². The molecule has 5 rings (SSSR count). The number of aromatic nitrogens is 1. The average Bonchev–Trinajstić information content (AvgIpc) is 3.41. The number of phenols is 1. The van der Waals surface area contributed by atoms with Crippen LogP contribution in [0.5, 0.6) is 11.5 Å². The van der Waals surface area contributed by atoms with Crippen LogP contribution in [0.2, 0.25) is 0 Å². The van der Waals surface area contributed by atoms with E-state index in [9.17, 15) is 9.90 Å². The number of hydrogen-bond acceptors (Lipinski definition) is 4. The molecule has 188 valence electrons. The van der Waals surface area contributed by atoms with Crippen LogP contribution in [0.4, 0.5) is 0 Å². The number of carbonyl (C=O) groups excluding carboxylic acids is 1. The molecule has 2 N–H and O–H groups in total. The molecular weight excluding hydrogens is 474 g/mol. The summed E-state index contributed by atoms with van der Waals surface area (Å²) in [4.78, 5) is 12.7. The predicted octanol–water partition coefficient (Wildman–Crippen LogP) is 6.68. The van der Waals surface area contributed by atoms with E-state index in [-0.39, 0.29) is 11.7 Å². The molecule has 0 aliphatic rings. The maximum Gasteiger partial charge on any atom is 0.271 e. The molecule has 38 heavy (non-hydrogen) atoms. The highest BCUT2D eigenvalue weighted by molar-refractivity contribution is 5.95. The lowest BCUT2D eigenvalue weighted by Crippen LogP contribution is -2.17. The summed E-state index contributed by atoms with van der Waals surface area (Å²) >= 11 is 0. The molecule has 6 nitrogen and oxygen atoms in total. The van der Waals surface area contributed by atoms with Crippen LogP contribution in [0.25, 0.3) is 28.2 Å². The van der Waals surface area contributed by atoms with Crippen LogP contribution >= 0.6 is 0 Å². The largest absolute Gasteiger partial charge is 0.504 e. The zero-order valence-corrected chi connectivity index (χ0v) is 20.9. The first-order chi connectivity index (χ1) is 18.6. The Kier molecular flexibility index (Phi) is 7.32. The lowest BCUT2D eigenvalue weighted by atomic mass is 10.1. The molecule has 0 spiro atoms. The van der Waals surface area contributed by atoms with Gasteiger partial charge in [0, 0.05) is 11.3 Å². The van der Waals surface area contributed by atoms with Gasteiger partial charge >= 0.3 is 0 Å². The van der Waals surface area contributed by atoms with Gasteiger partial charge in [-0.15, -0.1) is 0 Å². The lowest BCUT2D eigenvalue weighted by molar-refractivity contribution is 0.0955. The van der Waals surface area contributed by atoms with Crippen molar-refractivity contribution in [2.45, 2.75) is 6.92 Å². The molecule has 4 aromatic carbocycles. The van der Waals surface area contributed by atoms with Crippen molar-refractivity contribution < 1.29 is 14.6 Å². The molecule has 0 aliphatic carbocycles. The van der Waals surface area contributed by atoms with Gasteiger partial charge in [0.05, 0.1) is 24.2 Å². The Morgan fingerprint density at radius 2 is 1.45 bits per heavy atom. The first-order valence-electron chi connectivity index (χ1n) is 12.4. The van der Waals surface area contributed by atoms with E-state index in [2.05, 4.69) is 51.5 Å². The zero-order chi connectivity index (χ0) is 26.3. The molecule has 6 heteroatoms. The molecule has 0 unspecified atom stereocenters. The summed E-state index contributed by atoms with van der Waals surface area (Å²) in [5.41, 5.74) is 9.02. The van der Waals surface area contributed by atoms with Gasteiger partial charge in [0.2, 0.25) is 0 Å². The summed E-state index contributed by atoms with van der Waals surface area (Å²) in [7, 11) is 0. The third-order valence-electron chi connectivity index (χ3n) is 6.07. The Hall–Kier alpha value is -5.10. The number of nitrogens with one attached hydrogen (secondary N) is 1. The summed E-state index contributed by atoms with van der Waals surface area (Å²) in [6, 6.07) is 37.0. The van der Waals surface area contributed by atoms with Gasteiger partial charge in [0.15, 0.2) is 11.5 Å². The van der Waals surface area contributed by atoms with E-state index in [0.29, 0.717) is 23.5 Å². The number of hydrazone groups is 1. The second kappa shape index (κ2) is 11.3. The van der Waals surface area contributed by atoms with Crippen LogP contribution in [-0.4, -0.2) is 28.4 Å². The van der Waals surface area contributed by atoms with E-state index < -0.39 is 0 Å². The smallest absolute Gasteiger partial charge is 0.271 e. The minimum absolute atomic E-state index is 0.0571. The lowest BCUT2D eigenvalue weighted by Gasteiger charge is -2.15. The standard InChI is InChI=1S/C32H27N3O3/c1-2-38-31-21-23(13-20-30(31)36)22-33-34-32(37)26-14-16-27(17-15-26)35-28(24-9-5-3-6-10-24)18-19-29(35)25-11-7-4-8-12-25/h3-22,36H,2H2,1H3,(H,34,37)/b33-22-. The molecule has 0 aliphatic heterocycles. The van der Waals surface area contributed by atoms with Crippen LogP contribution in [0.15, 0.2) is 120 Å². The maximum absolute atomic E-state index is 12.7. The molecule has 0 saturated heterocycles. The fourth-order valence-electron chi connectivity index (χ4n) is 4.26. The minimum atomic E-state index is -0.323. The quantitative estimate of drug-likeness (QED) is 0.184. The molecule has 5 aromatic rings. The van der Waals surface area contributed by atoms with E-state index in [1.54, 1.807) is 24.3 Å². The number of aromatic hydroxyl groups is 1. The minimum Gasteiger partial charge on any atom is -0.504 e. The van der Waals surface area contributed by atoms with E-state index in [1.807, 2.05) is 55.5 Å². The van der Waals surface area contributed by atoms with Crippen molar-refractivity contribution in [1.82, 2.24) is 9.99 Å². The second-order valence-electron chi connectivity index (χ2n) is 8.58. The van der Waals surface area contributed by atoms with Crippen LogP contribution in [0, 0.1) is 0 Å². The monoisotopic (exact) mass is 501 g/mol. The SMILES string of the molecule is CCOc1cc(/C=N\NC(=O)c2ccc(-n3c(-c4ccccc4)ccc3-c3ccccc3)cc2)ccc1O. The Labute approximate surface area is 221 Å². The van der Waals surface area contributed by atoms with E-state index in [4.69, 9.17) is 4.74 Å². The summed E-state index contributed by atoms with van der Waals surface area (Å²) < 4.78 is 7.59. The van der Waals surface area contributed by atoms with E-state index in [1.165, 1.54) is 12.3 Å². The molecule has 0 saturated carbocycles.